The molecule has 6 heteroatoms. The van der Waals surface area contributed by atoms with E-state index in [2.05, 4.69) is 9.98 Å². The number of nitrogens with zero attached hydrogens (tertiary/aromatic N) is 2. The highest BCUT2D eigenvalue weighted by atomic mass is 32.2. The standard InChI is InChI=1S/C19H16N2O3S/c1-12-3-5-14(6-4-12)21-18-16(19(23)24-2)17(22)15(25-18)11-13-7-9-20-10-8-13/h3-11,22H,1-2H3/b15-11+,21-18?. The van der Waals surface area contributed by atoms with Gasteiger partial charge in [-0.3, -0.25) is 4.98 Å². The molecule has 1 aliphatic heterocycles. The van der Waals surface area contributed by atoms with Crippen LogP contribution in [-0.2, 0) is 9.53 Å². The predicted octanol–water partition coefficient (Wildman–Crippen LogP) is 4.19. The van der Waals surface area contributed by atoms with Crippen LogP contribution in [0.25, 0.3) is 6.08 Å². The molecule has 0 aliphatic carbocycles. The van der Waals surface area contributed by atoms with Gasteiger partial charge in [0.2, 0.25) is 0 Å². The number of thioether (sulfide) groups is 1. The Morgan fingerprint density at radius 3 is 2.52 bits per heavy atom. The van der Waals surface area contributed by atoms with E-state index in [0.717, 1.165) is 11.1 Å². The van der Waals surface area contributed by atoms with E-state index >= 15 is 0 Å². The lowest BCUT2D eigenvalue weighted by atomic mass is 10.2. The van der Waals surface area contributed by atoms with Gasteiger partial charge in [-0.05, 0) is 42.8 Å². The van der Waals surface area contributed by atoms with Crippen molar-refractivity contribution >= 4 is 34.5 Å². The Morgan fingerprint density at radius 1 is 1.20 bits per heavy atom. The monoisotopic (exact) mass is 352 g/mol. The summed E-state index contributed by atoms with van der Waals surface area (Å²) in [7, 11) is 1.28. The number of ether oxygens (including phenoxy) is 1. The van der Waals surface area contributed by atoms with E-state index < -0.39 is 5.97 Å². The molecule has 1 aliphatic rings. The Bertz CT molecular complexity index is 885. The number of hydrogen-bond donors (Lipinski definition) is 1. The number of benzene rings is 1. The third-order valence-electron chi connectivity index (χ3n) is 3.55. The van der Waals surface area contributed by atoms with E-state index in [1.165, 1.54) is 18.9 Å². The van der Waals surface area contributed by atoms with E-state index in [4.69, 9.17) is 4.74 Å². The van der Waals surface area contributed by atoms with E-state index in [-0.39, 0.29) is 11.3 Å². The van der Waals surface area contributed by atoms with Crippen LogP contribution in [0.3, 0.4) is 0 Å². The van der Waals surface area contributed by atoms with Gasteiger partial charge < -0.3 is 9.84 Å². The van der Waals surface area contributed by atoms with E-state index in [1.807, 2.05) is 43.3 Å². The van der Waals surface area contributed by atoms with Crippen LogP contribution in [0.4, 0.5) is 5.69 Å². The van der Waals surface area contributed by atoms with E-state index in [1.54, 1.807) is 18.5 Å². The van der Waals surface area contributed by atoms with Crippen LogP contribution in [0, 0.1) is 6.92 Å². The summed E-state index contributed by atoms with van der Waals surface area (Å²) in [6.07, 6.45) is 5.10. The van der Waals surface area contributed by atoms with Gasteiger partial charge in [0.15, 0.2) is 0 Å². The lowest BCUT2D eigenvalue weighted by molar-refractivity contribution is -0.135. The molecule has 0 saturated heterocycles. The maximum atomic E-state index is 12.1. The SMILES string of the molecule is COC(=O)C1=C(O)/C(=C\c2ccncc2)SC1=Nc1ccc(C)cc1. The molecule has 2 aromatic rings. The number of aliphatic imine (C=N–C) groups is 1. The molecule has 1 N–H and O–H groups in total. The second-order valence-corrected chi connectivity index (χ2v) is 6.39. The molecule has 0 bridgehead atoms. The normalized spacial score (nSPS) is 17.4. The van der Waals surface area contributed by atoms with Gasteiger partial charge in [0, 0.05) is 12.4 Å². The summed E-state index contributed by atoms with van der Waals surface area (Å²) in [5.41, 5.74) is 2.76. The molecule has 3 rings (SSSR count). The molecule has 0 unspecified atom stereocenters. The first-order valence-corrected chi connectivity index (χ1v) is 8.37. The fourth-order valence-corrected chi connectivity index (χ4v) is 3.27. The Kier molecular flexibility index (Phi) is 5.00. The van der Waals surface area contributed by atoms with Crippen LogP contribution < -0.4 is 0 Å². The highest BCUT2D eigenvalue weighted by molar-refractivity contribution is 8.18. The van der Waals surface area contributed by atoms with Crippen LogP contribution in [0.5, 0.6) is 0 Å². The molecule has 1 aromatic heterocycles. The highest BCUT2D eigenvalue weighted by Gasteiger charge is 2.32. The van der Waals surface area contributed by atoms with Gasteiger partial charge in [0.05, 0.1) is 17.7 Å². The second-order valence-electron chi connectivity index (χ2n) is 5.36. The fourth-order valence-electron chi connectivity index (χ4n) is 2.24. The number of aryl methyl sites for hydroxylation is 1. The Balaban J connectivity index is 2.03. The van der Waals surface area contributed by atoms with Crippen molar-refractivity contribution in [3.05, 3.63) is 76.2 Å². The molecule has 0 amide bonds. The van der Waals surface area contributed by atoms with Gasteiger partial charge in [0.1, 0.15) is 16.4 Å². The molecular weight excluding hydrogens is 336 g/mol. The van der Waals surface area contributed by atoms with Gasteiger partial charge in [0.25, 0.3) is 0 Å². The van der Waals surface area contributed by atoms with Crippen LogP contribution in [0.1, 0.15) is 11.1 Å². The first-order chi connectivity index (χ1) is 12.1. The number of carbonyl (C=O) groups is 1. The largest absolute Gasteiger partial charge is 0.506 e. The molecule has 0 atom stereocenters. The maximum Gasteiger partial charge on any atom is 0.344 e. The first kappa shape index (κ1) is 17.0. The number of rotatable bonds is 3. The zero-order valence-electron chi connectivity index (χ0n) is 13.8. The van der Waals surface area contributed by atoms with E-state index in [0.29, 0.717) is 15.6 Å². The number of carbonyl (C=O) groups excluding carboxylic acids is 1. The minimum Gasteiger partial charge on any atom is -0.506 e. The van der Waals surface area contributed by atoms with Crippen molar-refractivity contribution in [1.29, 1.82) is 0 Å². The van der Waals surface area contributed by atoms with Crippen LogP contribution in [0.15, 0.2) is 70.0 Å². The summed E-state index contributed by atoms with van der Waals surface area (Å²) >= 11 is 1.23. The zero-order valence-corrected chi connectivity index (χ0v) is 14.6. The number of pyridine rings is 1. The maximum absolute atomic E-state index is 12.1. The highest BCUT2D eigenvalue weighted by Crippen LogP contribution is 2.40. The number of aliphatic hydroxyl groups is 1. The van der Waals surface area contributed by atoms with Crippen molar-refractivity contribution in [2.45, 2.75) is 6.92 Å². The minimum absolute atomic E-state index is 0.0772. The van der Waals surface area contributed by atoms with Gasteiger partial charge in [-0.25, -0.2) is 9.79 Å². The second kappa shape index (κ2) is 7.36. The molecule has 0 fully saturated rings. The van der Waals surface area contributed by atoms with Crippen molar-refractivity contribution < 1.29 is 14.6 Å². The van der Waals surface area contributed by atoms with Crippen molar-refractivity contribution in [1.82, 2.24) is 4.98 Å². The number of hydrogen-bond acceptors (Lipinski definition) is 6. The van der Waals surface area contributed by atoms with Gasteiger partial charge >= 0.3 is 5.97 Å². The summed E-state index contributed by atoms with van der Waals surface area (Å²) in [4.78, 5) is 21.1. The molecule has 0 radical (unpaired) electrons. The average Bonchev–Trinajstić information content (AvgIpc) is 2.92. The summed E-state index contributed by atoms with van der Waals surface area (Å²) in [6, 6.07) is 11.2. The molecule has 5 nitrogen and oxygen atoms in total. The first-order valence-electron chi connectivity index (χ1n) is 7.55. The summed E-state index contributed by atoms with van der Waals surface area (Å²) in [5.74, 6) is -0.742. The molecular formula is C19H16N2O3S. The quantitative estimate of drug-likeness (QED) is 0.839. The lowest BCUT2D eigenvalue weighted by Crippen LogP contribution is -2.10. The van der Waals surface area contributed by atoms with Crippen LogP contribution in [0.2, 0.25) is 0 Å². The third kappa shape index (κ3) is 3.80. The van der Waals surface area contributed by atoms with Gasteiger partial charge in [-0.2, -0.15) is 0 Å². The summed E-state index contributed by atoms with van der Waals surface area (Å²) in [6.45, 7) is 1.99. The van der Waals surface area contributed by atoms with E-state index in [9.17, 15) is 9.90 Å². The smallest absolute Gasteiger partial charge is 0.344 e. The molecule has 1 aromatic carbocycles. The topological polar surface area (TPSA) is 71.8 Å². The molecule has 0 spiro atoms. The number of aromatic nitrogens is 1. The van der Waals surface area contributed by atoms with Gasteiger partial charge in [-0.1, -0.05) is 29.5 Å². The third-order valence-corrected chi connectivity index (χ3v) is 4.57. The molecule has 2 heterocycles. The molecule has 25 heavy (non-hydrogen) atoms. The van der Waals surface area contributed by atoms with Crippen molar-refractivity contribution in [3.8, 4) is 0 Å². The van der Waals surface area contributed by atoms with Crippen molar-refractivity contribution in [2.75, 3.05) is 7.11 Å². The minimum atomic E-state index is -0.617. The van der Waals surface area contributed by atoms with Gasteiger partial charge in [-0.15, -0.1) is 0 Å². The number of esters is 1. The fraction of sp³-hybridized carbons (Fsp3) is 0.105. The zero-order chi connectivity index (χ0) is 17.8. The predicted molar refractivity (Wildman–Crippen MR) is 99.7 cm³/mol. The number of aliphatic hydroxyl groups excluding tert-OH is 1. The summed E-state index contributed by atoms with van der Waals surface area (Å²) < 4.78 is 4.80. The molecule has 0 saturated carbocycles. The molecule has 126 valence electrons. The summed E-state index contributed by atoms with van der Waals surface area (Å²) in [5, 5.41) is 10.9. The average molecular weight is 352 g/mol. The van der Waals surface area contributed by atoms with Crippen molar-refractivity contribution in [2.24, 2.45) is 4.99 Å². The van der Waals surface area contributed by atoms with Crippen LogP contribution >= 0.6 is 11.8 Å². The Hall–Kier alpha value is -2.86. The van der Waals surface area contributed by atoms with Crippen molar-refractivity contribution in [3.63, 3.8) is 0 Å². The lowest BCUT2D eigenvalue weighted by Gasteiger charge is -2.02. The Morgan fingerprint density at radius 2 is 1.88 bits per heavy atom. The number of methoxy groups -OCH3 is 1. The van der Waals surface area contributed by atoms with Crippen LogP contribution in [-0.4, -0.2) is 28.2 Å². The Labute approximate surface area is 149 Å².